The number of piperazine rings is 1. The van der Waals surface area contributed by atoms with Gasteiger partial charge in [-0.3, -0.25) is 19.5 Å². The lowest BCUT2D eigenvalue weighted by atomic mass is 10.1. The van der Waals surface area contributed by atoms with Crippen LogP contribution in [-0.2, 0) is 9.59 Å². The van der Waals surface area contributed by atoms with Crippen LogP contribution in [0.3, 0.4) is 0 Å². The number of hydrogen-bond donors (Lipinski definition) is 4. The van der Waals surface area contributed by atoms with Gasteiger partial charge in [0.2, 0.25) is 5.91 Å². The molecule has 1 heterocycles. The smallest absolute Gasteiger partial charge is 0.320 e. The average molecular weight is 482 g/mol. The molecule has 196 valence electrons. The fraction of sp³-hybridized carbons (Fsp3) is 0.833. The molecule has 0 aromatic rings. The first-order chi connectivity index (χ1) is 16.4. The Hall–Kier alpha value is -2.20. The van der Waals surface area contributed by atoms with Gasteiger partial charge in [0, 0.05) is 46.2 Å². The molecule has 0 saturated carbocycles. The topological polar surface area (TPSA) is 150 Å². The van der Waals surface area contributed by atoms with E-state index < -0.39 is 12.0 Å². The molecule has 10 heteroatoms. The molecule has 0 spiro atoms. The number of nitrogens with two attached hydrogens (primary N) is 2. The van der Waals surface area contributed by atoms with E-state index in [1.54, 1.807) is 7.05 Å². The van der Waals surface area contributed by atoms with Gasteiger partial charge < -0.3 is 26.8 Å². The molecule has 0 bridgehead atoms. The predicted molar refractivity (Wildman–Crippen MR) is 138 cm³/mol. The zero-order valence-corrected chi connectivity index (χ0v) is 21.1. The summed E-state index contributed by atoms with van der Waals surface area (Å²) in [6.07, 6.45) is 13.5. The van der Waals surface area contributed by atoms with Crippen LogP contribution in [0.1, 0.15) is 77.0 Å². The first kappa shape index (κ1) is 29.8. The first-order valence-electron chi connectivity index (χ1n) is 12.9. The zero-order valence-electron chi connectivity index (χ0n) is 21.1. The van der Waals surface area contributed by atoms with Crippen molar-refractivity contribution in [3.8, 4) is 0 Å². The van der Waals surface area contributed by atoms with Gasteiger partial charge in [-0.05, 0) is 38.6 Å². The molecular weight excluding hydrogens is 434 g/mol. The molecule has 0 aromatic carbocycles. The molecule has 1 aliphatic rings. The van der Waals surface area contributed by atoms with E-state index in [0.29, 0.717) is 31.8 Å². The number of carboxylic acid groups (broad SMARTS) is 1. The number of carbonyl (C=O) groups is 2. The van der Waals surface area contributed by atoms with E-state index in [2.05, 4.69) is 25.1 Å². The van der Waals surface area contributed by atoms with E-state index in [0.717, 1.165) is 52.0 Å². The zero-order chi connectivity index (χ0) is 25.0. The Morgan fingerprint density at radius 1 is 0.971 bits per heavy atom. The van der Waals surface area contributed by atoms with E-state index in [9.17, 15) is 9.59 Å². The summed E-state index contributed by atoms with van der Waals surface area (Å²) < 4.78 is 0. The van der Waals surface area contributed by atoms with E-state index in [1.807, 2.05) is 0 Å². The lowest BCUT2D eigenvalue weighted by Crippen LogP contribution is -2.51. The Morgan fingerprint density at radius 2 is 1.59 bits per heavy atom. The SMILES string of the molecule is CN=CN=C(N)N1CCN(CCCCCCCCCCC(=O)NCCCC[C@H](N)C(=O)O)CC1. The van der Waals surface area contributed by atoms with Crippen molar-refractivity contribution in [2.75, 3.05) is 46.3 Å². The molecule has 0 unspecified atom stereocenters. The van der Waals surface area contributed by atoms with Crippen molar-refractivity contribution in [1.29, 1.82) is 0 Å². The van der Waals surface area contributed by atoms with Gasteiger partial charge in [-0.2, -0.15) is 0 Å². The number of hydrogen-bond acceptors (Lipinski definition) is 5. The summed E-state index contributed by atoms with van der Waals surface area (Å²) in [5.74, 6) is -0.320. The molecule has 0 radical (unpaired) electrons. The third-order valence-corrected chi connectivity index (χ3v) is 6.21. The Bertz CT molecular complexity index is 620. The van der Waals surface area contributed by atoms with E-state index in [4.69, 9.17) is 16.6 Å². The number of aliphatic carboxylic acids is 1. The molecule has 1 saturated heterocycles. The number of aliphatic imine (C=N–C) groups is 2. The lowest BCUT2D eigenvalue weighted by molar-refractivity contribution is -0.138. The highest BCUT2D eigenvalue weighted by Gasteiger charge is 2.17. The lowest BCUT2D eigenvalue weighted by Gasteiger charge is -2.35. The second kappa shape index (κ2) is 19.1. The number of carboxylic acids is 1. The molecule has 34 heavy (non-hydrogen) atoms. The summed E-state index contributed by atoms with van der Waals surface area (Å²) in [5, 5.41) is 11.6. The van der Waals surface area contributed by atoms with Gasteiger partial charge in [-0.25, -0.2) is 4.99 Å². The quantitative estimate of drug-likeness (QED) is 0.132. The largest absolute Gasteiger partial charge is 0.480 e. The van der Waals surface area contributed by atoms with Crippen molar-refractivity contribution in [3.63, 3.8) is 0 Å². The highest BCUT2D eigenvalue weighted by molar-refractivity contribution is 5.85. The Labute approximate surface area is 205 Å². The molecule has 0 aromatic heterocycles. The molecule has 1 rings (SSSR count). The maximum Gasteiger partial charge on any atom is 0.320 e. The van der Waals surface area contributed by atoms with Gasteiger partial charge in [0.1, 0.15) is 12.4 Å². The van der Waals surface area contributed by atoms with Gasteiger partial charge in [0.05, 0.1) is 0 Å². The van der Waals surface area contributed by atoms with E-state index in [-0.39, 0.29) is 5.91 Å². The molecule has 1 atom stereocenters. The van der Waals surface area contributed by atoms with Gasteiger partial charge in [-0.15, -0.1) is 0 Å². The number of amides is 1. The minimum Gasteiger partial charge on any atom is -0.480 e. The van der Waals surface area contributed by atoms with Crippen LogP contribution in [0.5, 0.6) is 0 Å². The summed E-state index contributed by atoms with van der Waals surface area (Å²) in [7, 11) is 1.69. The molecule has 10 nitrogen and oxygen atoms in total. The van der Waals surface area contributed by atoms with E-state index in [1.165, 1.54) is 44.9 Å². The van der Waals surface area contributed by atoms with Gasteiger partial charge in [-0.1, -0.05) is 38.5 Å². The molecule has 1 aliphatic heterocycles. The van der Waals surface area contributed by atoms with E-state index >= 15 is 0 Å². The van der Waals surface area contributed by atoms with Crippen molar-refractivity contribution in [3.05, 3.63) is 0 Å². The molecule has 1 amide bonds. The summed E-state index contributed by atoms with van der Waals surface area (Å²) in [6.45, 7) is 5.66. The van der Waals surface area contributed by atoms with Crippen molar-refractivity contribution in [2.24, 2.45) is 21.5 Å². The van der Waals surface area contributed by atoms with Crippen molar-refractivity contribution in [1.82, 2.24) is 15.1 Å². The van der Waals surface area contributed by atoms with Crippen LogP contribution in [0, 0.1) is 0 Å². The maximum atomic E-state index is 11.8. The van der Waals surface area contributed by atoms with Crippen LogP contribution in [0.15, 0.2) is 9.98 Å². The van der Waals surface area contributed by atoms with Crippen molar-refractivity contribution >= 4 is 24.2 Å². The second-order valence-electron chi connectivity index (χ2n) is 9.06. The fourth-order valence-corrected chi connectivity index (χ4v) is 4.01. The number of nitrogens with one attached hydrogen (secondary N) is 1. The predicted octanol–water partition coefficient (Wildman–Crippen LogP) is 1.79. The number of carbonyl (C=O) groups excluding carboxylic acids is 1. The number of guanidine groups is 1. The fourth-order valence-electron chi connectivity index (χ4n) is 4.01. The second-order valence-corrected chi connectivity index (χ2v) is 9.06. The standard InChI is InChI=1S/C24H47N7O3/c1-27-20-29-24(26)31-18-16-30(17-19-31)15-11-7-5-3-2-4-6-8-13-22(32)28-14-10-9-12-21(25)23(33)34/h20-21H,2-19,25H2,1H3,(H,28,32)(H,33,34)(H2,26,27,29)/t21-/m0/s1. The molecule has 0 aliphatic carbocycles. The van der Waals surface area contributed by atoms with Crippen LogP contribution in [0.4, 0.5) is 0 Å². The van der Waals surface area contributed by atoms with Crippen LogP contribution in [0.2, 0.25) is 0 Å². The third-order valence-electron chi connectivity index (χ3n) is 6.21. The monoisotopic (exact) mass is 481 g/mol. The number of nitrogens with zero attached hydrogens (tertiary/aromatic N) is 4. The number of rotatable bonds is 18. The minimum absolute atomic E-state index is 0.0909. The first-order valence-corrected chi connectivity index (χ1v) is 12.9. The summed E-state index contributed by atoms with van der Waals surface area (Å²) in [6, 6.07) is -0.802. The maximum absolute atomic E-state index is 11.8. The summed E-state index contributed by atoms with van der Waals surface area (Å²) in [5.41, 5.74) is 11.4. The average Bonchev–Trinajstić information content (AvgIpc) is 2.83. The third kappa shape index (κ3) is 14.8. The summed E-state index contributed by atoms with van der Waals surface area (Å²) in [4.78, 5) is 35.0. The Kier molecular flexibility index (Phi) is 16.8. The van der Waals surface area contributed by atoms with Crippen LogP contribution in [-0.4, -0.2) is 91.4 Å². The van der Waals surface area contributed by atoms with Gasteiger partial charge >= 0.3 is 5.97 Å². The normalized spacial score (nSPS) is 16.2. The molecule has 6 N–H and O–H groups in total. The van der Waals surface area contributed by atoms with Crippen LogP contribution >= 0.6 is 0 Å². The summed E-state index contributed by atoms with van der Waals surface area (Å²) >= 11 is 0. The molecule has 1 fully saturated rings. The Morgan fingerprint density at radius 3 is 2.21 bits per heavy atom. The Balaban J connectivity index is 1.87. The highest BCUT2D eigenvalue weighted by Crippen LogP contribution is 2.11. The van der Waals surface area contributed by atoms with Crippen LogP contribution in [0.25, 0.3) is 0 Å². The highest BCUT2D eigenvalue weighted by atomic mass is 16.4. The minimum atomic E-state index is -0.967. The van der Waals surface area contributed by atoms with Gasteiger partial charge in [0.25, 0.3) is 0 Å². The number of unbranched alkanes of at least 4 members (excludes halogenated alkanes) is 8. The van der Waals surface area contributed by atoms with Crippen molar-refractivity contribution < 1.29 is 14.7 Å². The van der Waals surface area contributed by atoms with Crippen molar-refractivity contribution in [2.45, 2.75) is 83.1 Å². The van der Waals surface area contributed by atoms with Crippen LogP contribution < -0.4 is 16.8 Å². The molecular formula is C24H47N7O3. The van der Waals surface area contributed by atoms with Gasteiger partial charge in [0.15, 0.2) is 5.96 Å².